The van der Waals surface area contributed by atoms with Crippen LogP contribution in [0, 0.1) is 11.8 Å². The van der Waals surface area contributed by atoms with Gasteiger partial charge < -0.3 is 5.32 Å². The van der Waals surface area contributed by atoms with Gasteiger partial charge in [0.15, 0.2) is 0 Å². The van der Waals surface area contributed by atoms with Gasteiger partial charge in [-0.15, -0.1) is 0 Å². The van der Waals surface area contributed by atoms with Gasteiger partial charge in [0.25, 0.3) is 0 Å². The molecule has 118 valence electrons. The van der Waals surface area contributed by atoms with Crippen LogP contribution < -0.4 is 10.0 Å². The SMILES string of the molecule is CNc1cc(S(=O)(=O)NC2CCCCC2C(C)C)ccn1. The summed E-state index contributed by atoms with van der Waals surface area (Å²) in [7, 11) is -1.76. The van der Waals surface area contributed by atoms with Crippen molar-refractivity contribution in [3.8, 4) is 0 Å². The van der Waals surface area contributed by atoms with Gasteiger partial charge in [-0.2, -0.15) is 0 Å². The lowest BCUT2D eigenvalue weighted by Crippen LogP contribution is -2.43. The van der Waals surface area contributed by atoms with Gasteiger partial charge in [-0.05, 0) is 30.7 Å². The van der Waals surface area contributed by atoms with Crippen molar-refractivity contribution in [2.45, 2.75) is 50.5 Å². The van der Waals surface area contributed by atoms with Crippen LogP contribution >= 0.6 is 0 Å². The fraction of sp³-hybridized carbons (Fsp3) is 0.667. The zero-order valence-corrected chi connectivity index (χ0v) is 13.8. The van der Waals surface area contributed by atoms with Crippen LogP contribution in [-0.4, -0.2) is 26.5 Å². The number of aromatic nitrogens is 1. The fourth-order valence-electron chi connectivity index (χ4n) is 3.09. The molecule has 0 aliphatic heterocycles. The normalized spacial score (nSPS) is 23.2. The van der Waals surface area contributed by atoms with Crippen LogP contribution in [0.2, 0.25) is 0 Å². The minimum atomic E-state index is -3.49. The van der Waals surface area contributed by atoms with E-state index in [4.69, 9.17) is 0 Å². The summed E-state index contributed by atoms with van der Waals surface area (Å²) in [4.78, 5) is 4.33. The molecule has 2 N–H and O–H groups in total. The first-order chi connectivity index (χ1) is 9.94. The van der Waals surface area contributed by atoms with E-state index in [9.17, 15) is 8.42 Å². The van der Waals surface area contributed by atoms with Crippen molar-refractivity contribution in [2.24, 2.45) is 11.8 Å². The Morgan fingerprint density at radius 2 is 2.00 bits per heavy atom. The molecule has 0 saturated heterocycles. The molecule has 6 heteroatoms. The zero-order chi connectivity index (χ0) is 15.5. The smallest absolute Gasteiger partial charge is 0.241 e. The second kappa shape index (κ2) is 6.75. The summed E-state index contributed by atoms with van der Waals surface area (Å²) in [6.07, 6.45) is 5.82. The predicted octanol–water partition coefficient (Wildman–Crippen LogP) is 2.62. The molecule has 1 aromatic rings. The summed E-state index contributed by atoms with van der Waals surface area (Å²) in [5.41, 5.74) is 0. The fourth-order valence-corrected chi connectivity index (χ4v) is 4.42. The number of hydrogen-bond acceptors (Lipinski definition) is 4. The van der Waals surface area contributed by atoms with Crippen molar-refractivity contribution in [3.63, 3.8) is 0 Å². The van der Waals surface area contributed by atoms with E-state index in [-0.39, 0.29) is 10.9 Å². The molecule has 0 radical (unpaired) electrons. The van der Waals surface area contributed by atoms with E-state index < -0.39 is 10.0 Å². The maximum Gasteiger partial charge on any atom is 0.241 e. The Morgan fingerprint density at radius 3 is 2.67 bits per heavy atom. The number of nitrogens with one attached hydrogen (secondary N) is 2. The first-order valence-electron chi connectivity index (χ1n) is 7.60. The van der Waals surface area contributed by atoms with Gasteiger partial charge in [0.2, 0.25) is 10.0 Å². The first kappa shape index (κ1) is 16.2. The van der Waals surface area contributed by atoms with Gasteiger partial charge in [0.05, 0.1) is 4.90 Å². The Morgan fingerprint density at radius 1 is 1.29 bits per heavy atom. The molecule has 0 bridgehead atoms. The second-order valence-electron chi connectivity index (χ2n) is 6.05. The Hall–Kier alpha value is -1.14. The molecular formula is C15H25N3O2S. The van der Waals surface area contributed by atoms with Crippen LogP contribution in [0.25, 0.3) is 0 Å². The van der Waals surface area contributed by atoms with Crippen molar-refractivity contribution < 1.29 is 8.42 Å². The highest BCUT2D eigenvalue weighted by molar-refractivity contribution is 7.89. The number of pyridine rings is 1. The third-order valence-corrected chi connectivity index (χ3v) is 5.77. The average molecular weight is 311 g/mol. The van der Waals surface area contributed by atoms with Crippen molar-refractivity contribution in [2.75, 3.05) is 12.4 Å². The molecule has 1 heterocycles. The first-order valence-corrected chi connectivity index (χ1v) is 9.08. The van der Waals surface area contributed by atoms with Gasteiger partial charge in [0, 0.05) is 25.4 Å². The highest BCUT2D eigenvalue weighted by atomic mass is 32.2. The number of nitrogens with zero attached hydrogens (tertiary/aromatic N) is 1. The summed E-state index contributed by atoms with van der Waals surface area (Å²) in [6.45, 7) is 4.34. The maximum absolute atomic E-state index is 12.6. The number of sulfonamides is 1. The molecule has 0 spiro atoms. The van der Waals surface area contributed by atoms with Crippen LogP contribution in [0.1, 0.15) is 39.5 Å². The van der Waals surface area contributed by atoms with E-state index in [2.05, 4.69) is 28.9 Å². The van der Waals surface area contributed by atoms with Crippen LogP contribution in [0.5, 0.6) is 0 Å². The molecule has 21 heavy (non-hydrogen) atoms. The van der Waals surface area contributed by atoms with Crippen LogP contribution in [0.4, 0.5) is 5.82 Å². The summed E-state index contributed by atoms with van der Waals surface area (Å²) < 4.78 is 28.1. The molecule has 1 fully saturated rings. The molecule has 1 aromatic heterocycles. The van der Waals surface area contributed by atoms with Gasteiger partial charge in [-0.1, -0.05) is 26.7 Å². The minimum Gasteiger partial charge on any atom is -0.373 e. The molecule has 1 aliphatic carbocycles. The molecule has 1 aliphatic rings. The van der Waals surface area contributed by atoms with Crippen molar-refractivity contribution in [1.82, 2.24) is 9.71 Å². The van der Waals surface area contributed by atoms with E-state index >= 15 is 0 Å². The summed E-state index contributed by atoms with van der Waals surface area (Å²) in [5.74, 6) is 1.46. The Kier molecular flexibility index (Phi) is 5.22. The van der Waals surface area contributed by atoms with Gasteiger partial charge >= 0.3 is 0 Å². The van der Waals surface area contributed by atoms with Crippen molar-refractivity contribution in [1.29, 1.82) is 0 Å². The van der Waals surface area contributed by atoms with E-state index in [1.165, 1.54) is 18.7 Å². The van der Waals surface area contributed by atoms with E-state index in [1.807, 2.05) is 0 Å². The molecule has 0 aromatic carbocycles. The van der Waals surface area contributed by atoms with Crippen LogP contribution in [0.3, 0.4) is 0 Å². The van der Waals surface area contributed by atoms with Gasteiger partial charge in [-0.25, -0.2) is 18.1 Å². The van der Waals surface area contributed by atoms with Crippen molar-refractivity contribution >= 4 is 15.8 Å². The van der Waals surface area contributed by atoms with E-state index in [0.29, 0.717) is 17.7 Å². The van der Waals surface area contributed by atoms with Gasteiger partial charge in [0.1, 0.15) is 5.82 Å². The molecule has 0 amide bonds. The third-order valence-electron chi connectivity index (χ3n) is 4.28. The van der Waals surface area contributed by atoms with Crippen LogP contribution in [0.15, 0.2) is 23.2 Å². The summed E-state index contributed by atoms with van der Waals surface area (Å²) >= 11 is 0. The molecule has 2 atom stereocenters. The summed E-state index contributed by atoms with van der Waals surface area (Å²) in [5, 5.41) is 2.87. The van der Waals surface area contributed by atoms with Gasteiger partial charge in [-0.3, -0.25) is 0 Å². The molecular weight excluding hydrogens is 286 g/mol. The monoisotopic (exact) mass is 311 g/mol. The highest BCUT2D eigenvalue weighted by Crippen LogP contribution is 2.31. The zero-order valence-electron chi connectivity index (χ0n) is 13.0. The molecule has 2 unspecified atom stereocenters. The lowest BCUT2D eigenvalue weighted by Gasteiger charge is -2.34. The van der Waals surface area contributed by atoms with Crippen molar-refractivity contribution in [3.05, 3.63) is 18.3 Å². The van der Waals surface area contributed by atoms with E-state index in [1.54, 1.807) is 13.1 Å². The highest BCUT2D eigenvalue weighted by Gasteiger charge is 2.31. The molecule has 1 saturated carbocycles. The molecule has 5 nitrogen and oxygen atoms in total. The largest absolute Gasteiger partial charge is 0.373 e. The standard InChI is InChI=1S/C15H25N3O2S/c1-11(2)13-6-4-5-7-14(13)18-21(19,20)12-8-9-17-15(10-12)16-3/h8-11,13-14,18H,4-7H2,1-3H3,(H,16,17). The Labute approximate surface area is 127 Å². The number of anilines is 1. The Balaban J connectivity index is 2.19. The third kappa shape index (κ3) is 3.95. The summed E-state index contributed by atoms with van der Waals surface area (Å²) in [6, 6.07) is 3.14. The molecule has 2 rings (SSSR count). The topological polar surface area (TPSA) is 71.1 Å². The lowest BCUT2D eigenvalue weighted by atomic mass is 9.78. The minimum absolute atomic E-state index is 0.0370. The number of hydrogen-bond donors (Lipinski definition) is 2. The Bertz CT molecular complexity index is 572. The number of rotatable bonds is 5. The van der Waals surface area contributed by atoms with E-state index in [0.717, 1.165) is 19.3 Å². The maximum atomic E-state index is 12.6. The quantitative estimate of drug-likeness (QED) is 0.877. The van der Waals surface area contributed by atoms with Crippen LogP contribution in [-0.2, 0) is 10.0 Å². The predicted molar refractivity (Wildman–Crippen MR) is 84.7 cm³/mol. The average Bonchev–Trinajstić information content (AvgIpc) is 2.47. The lowest BCUT2D eigenvalue weighted by molar-refractivity contribution is 0.226. The second-order valence-corrected chi connectivity index (χ2v) is 7.76.